The molecule has 0 aliphatic carbocycles. The molecule has 2 aliphatic heterocycles. The lowest BCUT2D eigenvalue weighted by Crippen LogP contribution is -2.19. The Morgan fingerprint density at radius 1 is 0.862 bits per heavy atom. The van der Waals surface area contributed by atoms with Crippen LogP contribution in [0.1, 0.15) is 21.6 Å². The summed E-state index contributed by atoms with van der Waals surface area (Å²) in [6.45, 7) is 3.35. The number of halogens is 1. The number of nitrogens with one attached hydrogen (secondary N) is 4. The first-order chi connectivity index (χ1) is 13.8. The first-order valence-corrected chi connectivity index (χ1v) is 9.38. The monoisotopic (exact) mass is 408 g/mol. The van der Waals surface area contributed by atoms with Crippen molar-refractivity contribution in [3.63, 3.8) is 0 Å². The number of hydrogen-bond acceptors (Lipinski definition) is 5. The number of aromatic nitrogens is 1. The Bertz CT molecular complexity index is 1120. The second kappa shape index (κ2) is 7.97. The van der Waals surface area contributed by atoms with Gasteiger partial charge >= 0.3 is 0 Å². The number of carbonyl (C=O) groups excluding carboxylic acids is 1. The van der Waals surface area contributed by atoms with Crippen LogP contribution in [-0.4, -0.2) is 48.7 Å². The van der Waals surface area contributed by atoms with E-state index in [9.17, 15) is 4.79 Å². The minimum absolute atomic E-state index is 0. The Labute approximate surface area is 174 Å². The van der Waals surface area contributed by atoms with E-state index >= 15 is 0 Å². The van der Waals surface area contributed by atoms with Crippen LogP contribution < -0.4 is 16.0 Å². The summed E-state index contributed by atoms with van der Waals surface area (Å²) in [6, 6.07) is 15.6. The first kappa shape index (κ1) is 19.0. The highest BCUT2D eigenvalue weighted by atomic mass is 35.5. The topological polar surface area (TPSA) is 93.7 Å². The van der Waals surface area contributed by atoms with Crippen molar-refractivity contribution in [2.45, 2.75) is 0 Å². The minimum atomic E-state index is -0.168. The second-order valence-electron chi connectivity index (χ2n) is 6.83. The second-order valence-corrected chi connectivity index (χ2v) is 6.83. The van der Waals surface area contributed by atoms with E-state index in [1.165, 1.54) is 0 Å². The molecule has 0 unspecified atom stereocenters. The number of fused-ring (bicyclic) bond motifs is 1. The van der Waals surface area contributed by atoms with E-state index in [0.29, 0.717) is 5.69 Å². The lowest BCUT2D eigenvalue weighted by molar-refractivity contribution is 0.102. The van der Waals surface area contributed by atoms with Crippen molar-refractivity contribution in [2.24, 2.45) is 9.98 Å². The smallest absolute Gasteiger partial charge is 0.272 e. The number of H-pyrrole nitrogens is 1. The number of rotatable bonds is 4. The molecule has 1 aromatic heterocycles. The van der Waals surface area contributed by atoms with E-state index in [2.05, 4.69) is 30.9 Å². The molecule has 0 bridgehead atoms. The highest BCUT2D eigenvalue weighted by molar-refractivity contribution is 6.08. The molecule has 0 spiro atoms. The Balaban J connectivity index is 0.00000205. The van der Waals surface area contributed by atoms with Gasteiger partial charge in [0.25, 0.3) is 5.91 Å². The molecule has 4 N–H and O–H groups in total. The van der Waals surface area contributed by atoms with Crippen LogP contribution in [0.3, 0.4) is 0 Å². The lowest BCUT2D eigenvalue weighted by atomic mass is 10.1. The summed E-state index contributed by atoms with van der Waals surface area (Å²) in [5.74, 6) is 1.65. The molecule has 148 valence electrons. The van der Waals surface area contributed by atoms with Crippen LogP contribution >= 0.6 is 12.4 Å². The average molecular weight is 409 g/mol. The maximum Gasteiger partial charge on any atom is 0.272 e. The molecule has 0 radical (unpaired) electrons. The molecule has 7 nitrogen and oxygen atoms in total. The number of benzene rings is 2. The molecular weight excluding hydrogens is 388 g/mol. The number of anilines is 1. The van der Waals surface area contributed by atoms with Crippen LogP contribution in [0.2, 0.25) is 0 Å². The van der Waals surface area contributed by atoms with Gasteiger partial charge in [0, 0.05) is 40.8 Å². The predicted molar refractivity (Wildman–Crippen MR) is 119 cm³/mol. The molecule has 0 fully saturated rings. The molecule has 5 rings (SSSR count). The van der Waals surface area contributed by atoms with Gasteiger partial charge < -0.3 is 20.9 Å². The van der Waals surface area contributed by atoms with Crippen LogP contribution in [0.4, 0.5) is 5.69 Å². The molecular formula is C21H21ClN6O. The summed E-state index contributed by atoms with van der Waals surface area (Å²) in [6.07, 6.45) is 0. The molecule has 3 aromatic rings. The van der Waals surface area contributed by atoms with Gasteiger partial charge in [-0.3, -0.25) is 14.8 Å². The van der Waals surface area contributed by atoms with Crippen LogP contribution in [0.5, 0.6) is 0 Å². The summed E-state index contributed by atoms with van der Waals surface area (Å²) in [5, 5.41) is 10.4. The third-order valence-electron chi connectivity index (χ3n) is 4.91. The van der Waals surface area contributed by atoms with Gasteiger partial charge in [-0.05, 0) is 36.4 Å². The average Bonchev–Trinajstić information content (AvgIpc) is 3.49. The molecule has 2 aromatic carbocycles. The number of nitrogens with zero attached hydrogens (tertiary/aromatic N) is 2. The van der Waals surface area contributed by atoms with Crippen LogP contribution in [0.25, 0.3) is 10.9 Å². The highest BCUT2D eigenvalue weighted by Gasteiger charge is 2.13. The number of hydrogen-bond donors (Lipinski definition) is 4. The number of aliphatic imine (C=N–C) groups is 2. The molecule has 8 heteroatoms. The van der Waals surface area contributed by atoms with Crippen LogP contribution in [0, 0.1) is 0 Å². The van der Waals surface area contributed by atoms with E-state index < -0.39 is 0 Å². The van der Waals surface area contributed by atoms with Crippen molar-refractivity contribution in [1.82, 2.24) is 15.6 Å². The third kappa shape index (κ3) is 3.82. The van der Waals surface area contributed by atoms with Crippen molar-refractivity contribution < 1.29 is 4.79 Å². The Morgan fingerprint density at radius 3 is 2.17 bits per heavy atom. The molecule has 0 saturated heterocycles. The number of amides is 1. The Kier molecular flexibility index (Phi) is 5.22. The van der Waals surface area contributed by atoms with E-state index in [-0.39, 0.29) is 18.3 Å². The molecule has 3 heterocycles. The molecule has 2 aliphatic rings. The van der Waals surface area contributed by atoms with Crippen molar-refractivity contribution in [1.29, 1.82) is 0 Å². The Morgan fingerprint density at radius 2 is 1.52 bits per heavy atom. The minimum Gasteiger partial charge on any atom is -0.368 e. The van der Waals surface area contributed by atoms with Crippen LogP contribution in [0.15, 0.2) is 58.5 Å². The molecule has 0 saturated carbocycles. The zero-order valence-corrected chi connectivity index (χ0v) is 16.5. The van der Waals surface area contributed by atoms with Gasteiger partial charge in [-0.2, -0.15) is 0 Å². The summed E-state index contributed by atoms with van der Waals surface area (Å²) in [5.41, 5.74) is 4.24. The highest BCUT2D eigenvalue weighted by Crippen LogP contribution is 2.19. The standard InChI is InChI=1S/C21H20N6O.ClH/c28-21(26-16-5-3-13(4-6-16)19-22-7-8-23-19)18-11-14-1-2-15(12-17(14)27-18)20-24-9-10-25-20;/h1-6,11-12,27H,7-10H2,(H,22,23)(H,24,25)(H,26,28);1H. The van der Waals surface area contributed by atoms with Gasteiger partial charge in [0.15, 0.2) is 0 Å². The molecule has 0 atom stereocenters. The summed E-state index contributed by atoms with van der Waals surface area (Å²) in [7, 11) is 0. The zero-order valence-electron chi connectivity index (χ0n) is 15.7. The normalized spacial score (nSPS) is 15.2. The van der Waals surface area contributed by atoms with E-state index in [1.54, 1.807) is 0 Å². The van der Waals surface area contributed by atoms with Crippen molar-refractivity contribution >= 4 is 46.6 Å². The SMILES string of the molecule is Cl.O=C(Nc1ccc(C2=NCCN2)cc1)c1cc2ccc(C3=NCCN3)cc2[nH]1. The number of carbonyl (C=O) groups is 1. The van der Waals surface area contributed by atoms with Crippen molar-refractivity contribution in [3.05, 3.63) is 65.4 Å². The number of aromatic amines is 1. The van der Waals surface area contributed by atoms with Gasteiger partial charge in [-0.25, -0.2) is 0 Å². The van der Waals surface area contributed by atoms with E-state index in [1.807, 2.05) is 48.5 Å². The van der Waals surface area contributed by atoms with E-state index in [4.69, 9.17) is 0 Å². The van der Waals surface area contributed by atoms with E-state index in [0.717, 1.165) is 65.6 Å². The van der Waals surface area contributed by atoms with Gasteiger partial charge in [0.1, 0.15) is 17.4 Å². The van der Waals surface area contributed by atoms with Gasteiger partial charge in [-0.15, -0.1) is 12.4 Å². The maximum absolute atomic E-state index is 12.7. The lowest BCUT2D eigenvalue weighted by Gasteiger charge is -2.06. The fourth-order valence-corrected chi connectivity index (χ4v) is 3.49. The third-order valence-corrected chi connectivity index (χ3v) is 4.91. The number of amidine groups is 2. The summed E-state index contributed by atoms with van der Waals surface area (Å²) < 4.78 is 0. The van der Waals surface area contributed by atoms with Gasteiger partial charge in [0.2, 0.25) is 0 Å². The predicted octanol–water partition coefficient (Wildman–Crippen LogP) is 2.54. The fourth-order valence-electron chi connectivity index (χ4n) is 3.49. The van der Waals surface area contributed by atoms with Gasteiger partial charge in [0.05, 0.1) is 13.1 Å². The quantitative estimate of drug-likeness (QED) is 0.534. The maximum atomic E-state index is 12.7. The molecule has 29 heavy (non-hydrogen) atoms. The fraction of sp³-hybridized carbons (Fsp3) is 0.190. The largest absolute Gasteiger partial charge is 0.368 e. The summed E-state index contributed by atoms with van der Waals surface area (Å²) >= 11 is 0. The molecule has 1 amide bonds. The van der Waals surface area contributed by atoms with Crippen molar-refractivity contribution in [3.8, 4) is 0 Å². The first-order valence-electron chi connectivity index (χ1n) is 9.38. The van der Waals surface area contributed by atoms with Gasteiger partial charge in [-0.1, -0.05) is 12.1 Å². The zero-order chi connectivity index (χ0) is 18.9. The summed E-state index contributed by atoms with van der Waals surface area (Å²) in [4.78, 5) is 24.7. The van der Waals surface area contributed by atoms with Crippen molar-refractivity contribution in [2.75, 3.05) is 31.5 Å². The van der Waals surface area contributed by atoms with Crippen LogP contribution in [-0.2, 0) is 0 Å². The Hall–Kier alpha value is -3.32.